The van der Waals surface area contributed by atoms with Gasteiger partial charge in [-0.05, 0) is 20.8 Å². The second-order valence-corrected chi connectivity index (χ2v) is 4.74. The Hall–Kier alpha value is -1.66. The van der Waals surface area contributed by atoms with Crippen molar-refractivity contribution < 1.29 is 18.3 Å². The molecule has 0 unspecified atom stereocenters. The summed E-state index contributed by atoms with van der Waals surface area (Å²) in [5, 5.41) is 2.47. The summed E-state index contributed by atoms with van der Waals surface area (Å²) in [6.07, 6.45) is -0.208. The van der Waals surface area contributed by atoms with E-state index in [1.807, 2.05) is 0 Å². The van der Waals surface area contributed by atoms with Crippen molar-refractivity contribution >= 4 is 6.09 Å². The van der Waals surface area contributed by atoms with Gasteiger partial charge in [-0.15, -0.1) is 0 Å². The summed E-state index contributed by atoms with van der Waals surface area (Å²) < 4.78 is 30.8. The molecule has 0 atom stereocenters. The zero-order valence-corrected chi connectivity index (χ0v) is 10.6. The fourth-order valence-corrected chi connectivity index (χ4v) is 1.29. The third-order valence-corrected chi connectivity index (χ3v) is 1.93. The lowest BCUT2D eigenvalue weighted by atomic mass is 10.2. The smallest absolute Gasteiger partial charge is 0.408 e. The summed E-state index contributed by atoms with van der Waals surface area (Å²) in [5.74, 6) is 0.362. The molecule has 1 rings (SSSR count). The molecule has 1 aromatic heterocycles. The summed E-state index contributed by atoms with van der Waals surface area (Å²) in [7, 11) is 0. The average molecular weight is 261 g/mol. The van der Waals surface area contributed by atoms with E-state index >= 15 is 0 Å². The van der Waals surface area contributed by atoms with E-state index in [4.69, 9.17) is 4.74 Å². The molecule has 0 bridgehead atoms. The first-order valence-electron chi connectivity index (χ1n) is 5.53. The zero-order valence-electron chi connectivity index (χ0n) is 10.6. The molecular weight excluding hydrogens is 244 g/mol. The number of carbonyl (C=O) groups excluding carboxylic acids is 1. The van der Waals surface area contributed by atoms with Gasteiger partial charge in [0.1, 0.15) is 11.4 Å². The molecule has 0 fully saturated rings. The molecule has 0 aliphatic carbocycles. The molecule has 0 radical (unpaired) electrons. The van der Waals surface area contributed by atoms with E-state index < -0.39 is 24.7 Å². The highest BCUT2D eigenvalue weighted by atomic mass is 19.3. The lowest BCUT2D eigenvalue weighted by molar-refractivity contribution is 0.0521. The topological polar surface area (TPSA) is 56.1 Å². The molecule has 5 nitrogen and oxygen atoms in total. The molecule has 0 aromatic carbocycles. The van der Waals surface area contributed by atoms with E-state index in [9.17, 15) is 13.6 Å². The largest absolute Gasteiger partial charge is 0.444 e. The van der Waals surface area contributed by atoms with Gasteiger partial charge in [-0.2, -0.15) is 0 Å². The number of imidazole rings is 1. The Morgan fingerprint density at radius 1 is 1.56 bits per heavy atom. The molecule has 102 valence electrons. The van der Waals surface area contributed by atoms with Crippen molar-refractivity contribution in [2.45, 2.75) is 45.9 Å². The predicted molar refractivity (Wildman–Crippen MR) is 61.3 cm³/mol. The molecular formula is C11H17F2N3O2. The van der Waals surface area contributed by atoms with E-state index in [0.29, 0.717) is 5.82 Å². The Morgan fingerprint density at radius 3 is 2.78 bits per heavy atom. The van der Waals surface area contributed by atoms with Crippen LogP contribution >= 0.6 is 0 Å². The van der Waals surface area contributed by atoms with Gasteiger partial charge in [-0.3, -0.25) is 0 Å². The summed E-state index contributed by atoms with van der Waals surface area (Å²) >= 11 is 0. The van der Waals surface area contributed by atoms with Crippen LogP contribution in [-0.4, -0.2) is 27.7 Å². The molecule has 1 heterocycles. The van der Waals surface area contributed by atoms with Crippen LogP contribution in [0.4, 0.5) is 13.6 Å². The SMILES string of the molecule is CC(C)(C)OC(=O)NCc1nccn1CC(F)F. The third-order valence-electron chi connectivity index (χ3n) is 1.93. The van der Waals surface area contributed by atoms with Crippen LogP contribution in [-0.2, 0) is 17.8 Å². The Kier molecular flexibility index (Phi) is 4.63. The Bertz CT molecular complexity index is 399. The summed E-state index contributed by atoms with van der Waals surface area (Å²) in [6, 6.07) is 0. The highest BCUT2D eigenvalue weighted by Crippen LogP contribution is 2.07. The van der Waals surface area contributed by atoms with Crippen LogP contribution in [0.2, 0.25) is 0 Å². The number of aromatic nitrogens is 2. The molecule has 0 aliphatic rings. The number of hydrogen-bond acceptors (Lipinski definition) is 3. The number of hydrogen-bond donors (Lipinski definition) is 1. The van der Waals surface area contributed by atoms with Gasteiger partial charge in [0, 0.05) is 12.4 Å². The van der Waals surface area contributed by atoms with Crippen LogP contribution in [0, 0.1) is 0 Å². The Morgan fingerprint density at radius 2 is 2.22 bits per heavy atom. The second-order valence-electron chi connectivity index (χ2n) is 4.74. The summed E-state index contributed by atoms with van der Waals surface area (Å²) in [5.41, 5.74) is -0.595. The van der Waals surface area contributed by atoms with Crippen molar-refractivity contribution in [3.05, 3.63) is 18.2 Å². The number of nitrogens with one attached hydrogen (secondary N) is 1. The minimum Gasteiger partial charge on any atom is -0.444 e. The van der Waals surface area contributed by atoms with Crippen LogP contribution < -0.4 is 5.32 Å². The Labute approximate surface area is 104 Å². The average Bonchev–Trinajstić information content (AvgIpc) is 2.58. The van der Waals surface area contributed by atoms with Crippen LogP contribution in [0.25, 0.3) is 0 Å². The molecule has 0 saturated heterocycles. The monoisotopic (exact) mass is 261 g/mol. The molecule has 7 heteroatoms. The number of alkyl carbamates (subject to hydrolysis) is 1. The maximum Gasteiger partial charge on any atom is 0.408 e. The number of ether oxygens (including phenoxy) is 1. The minimum absolute atomic E-state index is 0.0502. The number of halogens is 2. The van der Waals surface area contributed by atoms with E-state index in [0.717, 1.165) is 0 Å². The second kappa shape index (κ2) is 5.79. The fourth-order valence-electron chi connectivity index (χ4n) is 1.29. The van der Waals surface area contributed by atoms with E-state index in [-0.39, 0.29) is 6.54 Å². The lowest BCUT2D eigenvalue weighted by Gasteiger charge is -2.19. The van der Waals surface area contributed by atoms with Gasteiger partial charge in [0.25, 0.3) is 6.43 Å². The van der Waals surface area contributed by atoms with Crippen molar-refractivity contribution in [1.29, 1.82) is 0 Å². The number of carbonyl (C=O) groups is 1. The highest BCUT2D eigenvalue weighted by molar-refractivity contribution is 5.67. The van der Waals surface area contributed by atoms with Crippen LogP contribution in [0.5, 0.6) is 0 Å². The zero-order chi connectivity index (χ0) is 13.8. The van der Waals surface area contributed by atoms with Crippen molar-refractivity contribution in [1.82, 2.24) is 14.9 Å². The molecule has 0 saturated carbocycles. The molecule has 0 aliphatic heterocycles. The molecule has 1 aromatic rings. The van der Waals surface area contributed by atoms with Crippen LogP contribution in [0.3, 0.4) is 0 Å². The predicted octanol–water partition coefficient (Wildman–Crippen LogP) is 2.17. The molecule has 18 heavy (non-hydrogen) atoms. The minimum atomic E-state index is -2.46. The maximum absolute atomic E-state index is 12.2. The third kappa shape index (κ3) is 5.11. The van der Waals surface area contributed by atoms with Gasteiger partial charge in [-0.25, -0.2) is 18.6 Å². The quantitative estimate of drug-likeness (QED) is 0.903. The summed E-state index contributed by atoms with van der Waals surface area (Å²) in [6.45, 7) is 4.83. The van der Waals surface area contributed by atoms with Crippen molar-refractivity contribution in [3.8, 4) is 0 Å². The lowest BCUT2D eigenvalue weighted by Crippen LogP contribution is -2.32. The normalized spacial score (nSPS) is 11.7. The van der Waals surface area contributed by atoms with Crippen LogP contribution in [0.15, 0.2) is 12.4 Å². The number of rotatable bonds is 4. The van der Waals surface area contributed by atoms with Gasteiger partial charge in [-0.1, -0.05) is 0 Å². The van der Waals surface area contributed by atoms with Gasteiger partial charge < -0.3 is 14.6 Å². The molecule has 0 spiro atoms. The van der Waals surface area contributed by atoms with Crippen LogP contribution in [0.1, 0.15) is 26.6 Å². The van der Waals surface area contributed by atoms with Gasteiger partial charge in [0.15, 0.2) is 0 Å². The van der Waals surface area contributed by atoms with Gasteiger partial charge >= 0.3 is 6.09 Å². The van der Waals surface area contributed by atoms with Gasteiger partial charge in [0.05, 0.1) is 13.1 Å². The molecule has 1 amide bonds. The first kappa shape index (κ1) is 14.4. The highest BCUT2D eigenvalue weighted by Gasteiger charge is 2.16. The van der Waals surface area contributed by atoms with Crippen molar-refractivity contribution in [3.63, 3.8) is 0 Å². The molecule has 1 N–H and O–H groups in total. The standard InChI is InChI=1S/C11H17F2N3O2/c1-11(2,3)18-10(17)15-6-9-14-4-5-16(9)7-8(12)13/h4-5,8H,6-7H2,1-3H3,(H,15,17). The van der Waals surface area contributed by atoms with Crippen molar-refractivity contribution in [2.24, 2.45) is 0 Å². The van der Waals surface area contributed by atoms with Gasteiger partial charge in [0.2, 0.25) is 0 Å². The Balaban J connectivity index is 2.48. The van der Waals surface area contributed by atoms with Crippen molar-refractivity contribution in [2.75, 3.05) is 0 Å². The first-order valence-corrected chi connectivity index (χ1v) is 5.53. The van der Waals surface area contributed by atoms with E-state index in [1.165, 1.54) is 17.0 Å². The number of nitrogens with zero attached hydrogens (tertiary/aromatic N) is 2. The van der Waals surface area contributed by atoms with E-state index in [2.05, 4.69) is 10.3 Å². The number of alkyl halides is 2. The first-order chi connectivity index (χ1) is 8.28. The van der Waals surface area contributed by atoms with E-state index in [1.54, 1.807) is 20.8 Å². The maximum atomic E-state index is 12.2. The summed E-state index contributed by atoms with van der Waals surface area (Å²) in [4.78, 5) is 15.3. The fraction of sp³-hybridized carbons (Fsp3) is 0.636. The number of amides is 1.